The Hall–Kier alpha value is -2.04. The fourth-order valence-electron chi connectivity index (χ4n) is 2.10. The third kappa shape index (κ3) is 4.47. The molecule has 4 nitrogen and oxygen atoms in total. The minimum absolute atomic E-state index is 0.141. The van der Waals surface area contributed by atoms with Crippen molar-refractivity contribution in [1.29, 1.82) is 0 Å². The van der Waals surface area contributed by atoms with Gasteiger partial charge in [-0.15, -0.1) is 0 Å². The van der Waals surface area contributed by atoms with E-state index in [0.29, 0.717) is 17.0 Å². The van der Waals surface area contributed by atoms with Gasteiger partial charge in [0, 0.05) is 10.7 Å². The highest BCUT2D eigenvalue weighted by Crippen LogP contribution is 2.31. The third-order valence-electron chi connectivity index (χ3n) is 3.17. The van der Waals surface area contributed by atoms with E-state index in [2.05, 4.69) is 5.32 Å². The van der Waals surface area contributed by atoms with Crippen LogP contribution in [0.3, 0.4) is 0 Å². The van der Waals surface area contributed by atoms with Gasteiger partial charge in [0.1, 0.15) is 5.75 Å². The Morgan fingerprint density at radius 3 is 2.61 bits per heavy atom. The molecule has 0 saturated heterocycles. The van der Waals surface area contributed by atoms with E-state index in [1.54, 1.807) is 0 Å². The summed E-state index contributed by atoms with van der Waals surface area (Å²) in [6.45, 7) is 3.62. The van der Waals surface area contributed by atoms with Crippen LogP contribution in [0, 0.1) is 13.8 Å². The van der Waals surface area contributed by atoms with Crippen LogP contribution in [0.5, 0.6) is 5.75 Å². The first kappa shape index (κ1) is 17.3. The van der Waals surface area contributed by atoms with E-state index in [9.17, 15) is 9.59 Å². The van der Waals surface area contributed by atoms with Crippen LogP contribution in [-0.4, -0.2) is 18.8 Å². The molecule has 2 aromatic carbocycles. The van der Waals surface area contributed by atoms with Crippen molar-refractivity contribution >= 4 is 41.1 Å². The molecule has 0 unspecified atom stereocenters. The van der Waals surface area contributed by atoms with E-state index in [0.717, 1.165) is 11.1 Å². The minimum atomic E-state index is -0.347. The predicted molar refractivity (Wildman–Crippen MR) is 91.9 cm³/mol. The van der Waals surface area contributed by atoms with Crippen LogP contribution < -0.4 is 10.1 Å². The summed E-state index contributed by atoms with van der Waals surface area (Å²) in [5.74, 6) is -0.207. The van der Waals surface area contributed by atoms with Crippen LogP contribution in [-0.2, 0) is 4.79 Å². The molecule has 2 rings (SSSR count). The zero-order valence-electron chi connectivity index (χ0n) is 12.7. The molecule has 0 saturated carbocycles. The normalized spacial score (nSPS) is 10.3. The molecule has 0 aliphatic heterocycles. The smallest absolute Gasteiger partial charge is 0.262 e. The number of aryl methyl sites for hydroxylation is 2. The van der Waals surface area contributed by atoms with Crippen LogP contribution in [0.15, 0.2) is 30.3 Å². The van der Waals surface area contributed by atoms with Gasteiger partial charge in [-0.2, -0.15) is 0 Å². The number of amides is 1. The standard InChI is InChI=1S/C17H15Cl2NO3/c1-10-3-4-15(11(2)5-10)20-16(22)9-23-17-12(8-21)6-13(18)7-14(17)19/h3-8H,9H2,1-2H3,(H,20,22). The second-order valence-corrected chi connectivity index (χ2v) is 5.92. The van der Waals surface area contributed by atoms with Crippen molar-refractivity contribution in [3.63, 3.8) is 0 Å². The van der Waals surface area contributed by atoms with Crippen LogP contribution in [0.2, 0.25) is 10.0 Å². The largest absolute Gasteiger partial charge is 0.481 e. The van der Waals surface area contributed by atoms with Gasteiger partial charge in [-0.25, -0.2) is 0 Å². The van der Waals surface area contributed by atoms with Crippen molar-refractivity contribution in [1.82, 2.24) is 0 Å². The number of rotatable bonds is 5. The topological polar surface area (TPSA) is 55.4 Å². The number of carbonyl (C=O) groups is 2. The van der Waals surface area contributed by atoms with Gasteiger partial charge in [-0.1, -0.05) is 40.9 Å². The summed E-state index contributed by atoms with van der Waals surface area (Å²) >= 11 is 11.8. The fraction of sp³-hybridized carbons (Fsp3) is 0.176. The predicted octanol–water partition coefficient (Wildman–Crippen LogP) is 4.44. The van der Waals surface area contributed by atoms with E-state index in [1.165, 1.54) is 12.1 Å². The van der Waals surface area contributed by atoms with Crippen molar-refractivity contribution in [2.75, 3.05) is 11.9 Å². The summed E-state index contributed by atoms with van der Waals surface area (Å²) in [4.78, 5) is 23.1. The summed E-state index contributed by atoms with van der Waals surface area (Å²) in [5.41, 5.74) is 2.97. The molecule has 1 amide bonds. The summed E-state index contributed by atoms with van der Waals surface area (Å²) in [5, 5.41) is 3.26. The second kappa shape index (κ2) is 7.49. The SMILES string of the molecule is Cc1ccc(NC(=O)COc2c(Cl)cc(Cl)cc2C=O)c(C)c1. The molecular formula is C17H15Cl2NO3. The van der Waals surface area contributed by atoms with E-state index in [1.807, 2.05) is 32.0 Å². The quantitative estimate of drug-likeness (QED) is 0.810. The number of carbonyl (C=O) groups excluding carboxylic acids is 2. The van der Waals surface area contributed by atoms with Gasteiger partial charge >= 0.3 is 0 Å². The molecule has 6 heteroatoms. The van der Waals surface area contributed by atoms with Gasteiger partial charge in [-0.05, 0) is 37.6 Å². The lowest BCUT2D eigenvalue weighted by Crippen LogP contribution is -2.21. The van der Waals surface area contributed by atoms with Gasteiger partial charge < -0.3 is 10.1 Å². The highest BCUT2D eigenvalue weighted by Gasteiger charge is 2.13. The Labute approximate surface area is 144 Å². The maximum absolute atomic E-state index is 12.0. The Morgan fingerprint density at radius 1 is 1.22 bits per heavy atom. The fourth-order valence-corrected chi connectivity index (χ4v) is 2.66. The molecule has 2 aromatic rings. The zero-order chi connectivity index (χ0) is 17.0. The molecule has 0 fully saturated rings. The highest BCUT2D eigenvalue weighted by molar-refractivity contribution is 6.36. The number of halogens is 2. The van der Waals surface area contributed by atoms with E-state index >= 15 is 0 Å². The van der Waals surface area contributed by atoms with Gasteiger partial charge in [-0.3, -0.25) is 9.59 Å². The highest BCUT2D eigenvalue weighted by atomic mass is 35.5. The lowest BCUT2D eigenvalue weighted by atomic mass is 10.1. The number of aldehydes is 1. The van der Waals surface area contributed by atoms with Crippen LogP contribution in [0.1, 0.15) is 21.5 Å². The summed E-state index contributed by atoms with van der Waals surface area (Å²) in [6, 6.07) is 8.58. The molecule has 0 aliphatic rings. The first-order valence-electron chi connectivity index (χ1n) is 6.85. The first-order chi connectivity index (χ1) is 10.9. The lowest BCUT2D eigenvalue weighted by Gasteiger charge is -2.12. The summed E-state index contributed by atoms with van der Waals surface area (Å²) in [6.07, 6.45) is 0.578. The Bertz CT molecular complexity index is 760. The Morgan fingerprint density at radius 2 is 1.96 bits per heavy atom. The number of anilines is 1. The zero-order valence-corrected chi connectivity index (χ0v) is 14.2. The maximum atomic E-state index is 12.0. The molecule has 120 valence electrons. The lowest BCUT2D eigenvalue weighted by molar-refractivity contribution is -0.118. The number of ether oxygens (including phenoxy) is 1. The van der Waals surface area contributed by atoms with E-state index in [-0.39, 0.29) is 28.8 Å². The van der Waals surface area contributed by atoms with Crippen molar-refractivity contribution in [2.45, 2.75) is 13.8 Å². The minimum Gasteiger partial charge on any atom is -0.481 e. The van der Waals surface area contributed by atoms with E-state index in [4.69, 9.17) is 27.9 Å². The van der Waals surface area contributed by atoms with E-state index < -0.39 is 0 Å². The molecule has 1 N–H and O–H groups in total. The molecule has 0 radical (unpaired) electrons. The van der Waals surface area contributed by atoms with Gasteiger partial charge in [0.25, 0.3) is 5.91 Å². The molecule has 0 aliphatic carbocycles. The van der Waals surface area contributed by atoms with Gasteiger partial charge in [0.05, 0.1) is 10.6 Å². The average Bonchev–Trinajstić information content (AvgIpc) is 2.48. The number of hydrogen-bond acceptors (Lipinski definition) is 3. The number of hydrogen-bond donors (Lipinski definition) is 1. The van der Waals surface area contributed by atoms with Crippen molar-refractivity contribution in [2.24, 2.45) is 0 Å². The third-order valence-corrected chi connectivity index (χ3v) is 3.67. The Balaban J connectivity index is 2.06. The van der Waals surface area contributed by atoms with Crippen LogP contribution in [0.4, 0.5) is 5.69 Å². The molecule has 0 bridgehead atoms. The number of nitrogens with one attached hydrogen (secondary N) is 1. The van der Waals surface area contributed by atoms with Crippen molar-refractivity contribution < 1.29 is 14.3 Å². The maximum Gasteiger partial charge on any atom is 0.262 e. The average molecular weight is 352 g/mol. The van der Waals surface area contributed by atoms with Crippen molar-refractivity contribution in [3.8, 4) is 5.75 Å². The molecule has 23 heavy (non-hydrogen) atoms. The molecule has 0 atom stereocenters. The molecular weight excluding hydrogens is 337 g/mol. The van der Waals surface area contributed by atoms with Gasteiger partial charge in [0.15, 0.2) is 12.9 Å². The molecule has 0 heterocycles. The second-order valence-electron chi connectivity index (χ2n) is 5.08. The number of benzene rings is 2. The summed E-state index contributed by atoms with van der Waals surface area (Å²) < 4.78 is 5.38. The van der Waals surface area contributed by atoms with Crippen LogP contribution >= 0.6 is 23.2 Å². The van der Waals surface area contributed by atoms with Crippen LogP contribution in [0.25, 0.3) is 0 Å². The molecule has 0 aromatic heterocycles. The first-order valence-corrected chi connectivity index (χ1v) is 7.60. The monoisotopic (exact) mass is 351 g/mol. The summed E-state index contributed by atoms with van der Waals surface area (Å²) in [7, 11) is 0. The molecule has 0 spiro atoms. The van der Waals surface area contributed by atoms with Crippen molar-refractivity contribution in [3.05, 3.63) is 57.1 Å². The van der Waals surface area contributed by atoms with Gasteiger partial charge in [0.2, 0.25) is 0 Å². The Kier molecular flexibility index (Phi) is 5.64.